The zero-order valence-corrected chi connectivity index (χ0v) is 14.5. The van der Waals surface area contributed by atoms with Crippen LogP contribution in [0.4, 0.5) is 5.69 Å². The number of hydrogen-bond donors (Lipinski definition) is 2. The van der Waals surface area contributed by atoms with Gasteiger partial charge in [-0.05, 0) is 51.1 Å². The molecule has 1 fully saturated rings. The molecule has 26 heavy (non-hydrogen) atoms. The van der Waals surface area contributed by atoms with Crippen LogP contribution < -0.4 is 10.6 Å². The van der Waals surface area contributed by atoms with Crippen LogP contribution in [0.15, 0.2) is 36.8 Å². The molecule has 9 nitrogen and oxygen atoms in total. The van der Waals surface area contributed by atoms with Gasteiger partial charge in [-0.1, -0.05) is 5.21 Å². The van der Waals surface area contributed by atoms with Crippen LogP contribution in [0.3, 0.4) is 0 Å². The van der Waals surface area contributed by atoms with Gasteiger partial charge < -0.3 is 10.6 Å². The fourth-order valence-electron chi connectivity index (χ4n) is 3.20. The van der Waals surface area contributed by atoms with Crippen LogP contribution in [-0.2, 0) is 0 Å². The number of piperidine rings is 1. The molecular formula is C17H20N8O. The van der Waals surface area contributed by atoms with Crippen LogP contribution in [0, 0.1) is 6.92 Å². The standard InChI is InChI=1S/C17H20N8O/c1-12-15(22-23-25(12)13-5-9-18-10-6-13)17(26)21-14-4-2-7-19-16(14)24-11-3-8-20-24/h2-4,7-8,11,13,18H,5-6,9-10H2,1H3,(H,21,26). The molecule has 0 unspecified atom stereocenters. The van der Waals surface area contributed by atoms with Gasteiger partial charge in [-0.2, -0.15) is 5.10 Å². The number of amides is 1. The Morgan fingerprint density at radius 3 is 2.88 bits per heavy atom. The molecule has 0 spiro atoms. The highest BCUT2D eigenvalue weighted by atomic mass is 16.2. The van der Waals surface area contributed by atoms with E-state index in [2.05, 4.69) is 31.0 Å². The predicted molar refractivity (Wildman–Crippen MR) is 95.2 cm³/mol. The Bertz CT molecular complexity index is 895. The molecule has 3 aromatic rings. The fraction of sp³-hybridized carbons (Fsp3) is 0.353. The summed E-state index contributed by atoms with van der Waals surface area (Å²) in [6, 6.07) is 5.63. The topological polar surface area (TPSA) is 103 Å². The first kappa shape index (κ1) is 16.4. The Morgan fingerprint density at radius 1 is 1.27 bits per heavy atom. The van der Waals surface area contributed by atoms with E-state index >= 15 is 0 Å². The van der Waals surface area contributed by atoms with E-state index in [0.717, 1.165) is 31.6 Å². The molecule has 9 heteroatoms. The molecule has 0 aliphatic carbocycles. The zero-order valence-electron chi connectivity index (χ0n) is 14.5. The molecular weight excluding hydrogens is 332 g/mol. The summed E-state index contributed by atoms with van der Waals surface area (Å²) in [5.41, 5.74) is 1.68. The molecule has 4 heterocycles. The van der Waals surface area contributed by atoms with Crippen molar-refractivity contribution in [2.75, 3.05) is 18.4 Å². The van der Waals surface area contributed by atoms with Crippen LogP contribution >= 0.6 is 0 Å². The van der Waals surface area contributed by atoms with Crippen LogP contribution in [-0.4, -0.2) is 48.8 Å². The van der Waals surface area contributed by atoms with Crippen LogP contribution in [0.1, 0.15) is 35.1 Å². The number of carbonyl (C=O) groups is 1. The van der Waals surface area contributed by atoms with Gasteiger partial charge in [0.15, 0.2) is 11.5 Å². The van der Waals surface area contributed by atoms with Crippen LogP contribution in [0.2, 0.25) is 0 Å². The summed E-state index contributed by atoms with van der Waals surface area (Å²) in [6.45, 7) is 3.79. The summed E-state index contributed by atoms with van der Waals surface area (Å²) >= 11 is 0. The number of anilines is 1. The van der Waals surface area contributed by atoms with E-state index in [0.29, 0.717) is 17.2 Å². The van der Waals surface area contributed by atoms with Gasteiger partial charge in [0.1, 0.15) is 0 Å². The van der Waals surface area contributed by atoms with Crippen molar-refractivity contribution in [1.82, 2.24) is 35.1 Å². The summed E-state index contributed by atoms with van der Waals surface area (Å²) in [5.74, 6) is 0.248. The maximum Gasteiger partial charge on any atom is 0.278 e. The third-order valence-corrected chi connectivity index (χ3v) is 4.55. The van der Waals surface area contributed by atoms with Gasteiger partial charge in [-0.25, -0.2) is 14.3 Å². The molecule has 1 aliphatic heterocycles. The molecule has 1 saturated heterocycles. The molecule has 0 bridgehead atoms. The SMILES string of the molecule is Cc1c(C(=O)Nc2cccnc2-n2cccn2)nnn1C1CCNCC1. The first-order chi connectivity index (χ1) is 12.7. The van der Waals surface area contributed by atoms with Crippen LogP contribution in [0.25, 0.3) is 5.82 Å². The molecule has 1 amide bonds. The number of hydrogen-bond acceptors (Lipinski definition) is 6. The number of carbonyl (C=O) groups excluding carboxylic acids is 1. The van der Waals surface area contributed by atoms with Crippen molar-refractivity contribution in [1.29, 1.82) is 0 Å². The molecule has 0 radical (unpaired) electrons. The predicted octanol–water partition coefficient (Wildman–Crippen LogP) is 1.34. The second-order valence-electron chi connectivity index (χ2n) is 6.23. The highest BCUT2D eigenvalue weighted by molar-refractivity contribution is 6.04. The molecule has 0 saturated carbocycles. The average molecular weight is 352 g/mol. The molecule has 2 N–H and O–H groups in total. The van der Waals surface area contributed by atoms with Crippen molar-refractivity contribution in [3.05, 3.63) is 48.2 Å². The van der Waals surface area contributed by atoms with Crippen molar-refractivity contribution in [2.45, 2.75) is 25.8 Å². The summed E-state index contributed by atoms with van der Waals surface area (Å²) < 4.78 is 3.47. The molecule has 1 aliphatic rings. The number of rotatable bonds is 4. The average Bonchev–Trinajstić information content (AvgIpc) is 3.33. The third kappa shape index (κ3) is 3.08. The lowest BCUT2D eigenvalue weighted by Crippen LogP contribution is -2.30. The summed E-state index contributed by atoms with van der Waals surface area (Å²) in [7, 11) is 0. The number of pyridine rings is 1. The summed E-state index contributed by atoms with van der Waals surface area (Å²) in [4.78, 5) is 17.1. The Balaban J connectivity index is 1.57. The minimum absolute atomic E-state index is 0.281. The Morgan fingerprint density at radius 2 is 2.12 bits per heavy atom. The highest BCUT2D eigenvalue weighted by Gasteiger charge is 2.23. The summed E-state index contributed by atoms with van der Waals surface area (Å²) in [5, 5.41) is 18.7. The Kier molecular flexibility index (Phi) is 4.44. The quantitative estimate of drug-likeness (QED) is 0.735. The van der Waals surface area contributed by atoms with E-state index in [9.17, 15) is 4.79 Å². The van der Waals surface area contributed by atoms with Crippen molar-refractivity contribution >= 4 is 11.6 Å². The van der Waals surface area contributed by atoms with Gasteiger partial charge in [-0.15, -0.1) is 5.10 Å². The molecule has 3 aromatic heterocycles. The van der Waals surface area contributed by atoms with Gasteiger partial charge in [0, 0.05) is 18.6 Å². The van der Waals surface area contributed by atoms with Gasteiger partial charge >= 0.3 is 0 Å². The van der Waals surface area contributed by atoms with E-state index in [-0.39, 0.29) is 11.9 Å². The number of nitrogens with zero attached hydrogens (tertiary/aromatic N) is 6. The normalized spacial score (nSPS) is 15.1. The van der Waals surface area contributed by atoms with Gasteiger partial charge in [0.2, 0.25) is 0 Å². The Labute approximate surface area is 150 Å². The first-order valence-corrected chi connectivity index (χ1v) is 8.63. The van der Waals surface area contributed by atoms with Gasteiger partial charge in [0.05, 0.1) is 17.4 Å². The molecule has 0 aromatic carbocycles. The van der Waals surface area contributed by atoms with Gasteiger partial charge in [0.25, 0.3) is 5.91 Å². The van der Waals surface area contributed by atoms with E-state index in [1.165, 1.54) is 0 Å². The highest BCUT2D eigenvalue weighted by Crippen LogP contribution is 2.22. The van der Waals surface area contributed by atoms with Crippen molar-refractivity contribution in [3.63, 3.8) is 0 Å². The van der Waals surface area contributed by atoms with Crippen molar-refractivity contribution in [2.24, 2.45) is 0 Å². The van der Waals surface area contributed by atoms with Crippen molar-refractivity contribution in [3.8, 4) is 5.82 Å². The van der Waals surface area contributed by atoms with E-state index < -0.39 is 0 Å². The lowest BCUT2D eigenvalue weighted by Gasteiger charge is -2.23. The monoisotopic (exact) mass is 352 g/mol. The third-order valence-electron chi connectivity index (χ3n) is 4.55. The largest absolute Gasteiger partial charge is 0.317 e. The lowest BCUT2D eigenvalue weighted by molar-refractivity contribution is 0.102. The minimum Gasteiger partial charge on any atom is -0.317 e. The van der Waals surface area contributed by atoms with E-state index in [1.54, 1.807) is 41.5 Å². The molecule has 134 valence electrons. The second kappa shape index (κ2) is 7.04. The smallest absolute Gasteiger partial charge is 0.278 e. The minimum atomic E-state index is -0.302. The number of nitrogens with one attached hydrogen (secondary N) is 2. The Hall–Kier alpha value is -3.07. The van der Waals surface area contributed by atoms with E-state index in [1.807, 2.05) is 11.6 Å². The second-order valence-corrected chi connectivity index (χ2v) is 6.23. The maximum absolute atomic E-state index is 12.8. The maximum atomic E-state index is 12.8. The molecule has 0 atom stereocenters. The summed E-state index contributed by atoms with van der Waals surface area (Å²) in [6.07, 6.45) is 7.06. The zero-order chi connectivity index (χ0) is 17.9. The lowest BCUT2D eigenvalue weighted by atomic mass is 10.1. The first-order valence-electron chi connectivity index (χ1n) is 8.63. The fourth-order valence-corrected chi connectivity index (χ4v) is 3.20. The molecule has 4 rings (SSSR count). The van der Waals surface area contributed by atoms with Crippen molar-refractivity contribution < 1.29 is 4.79 Å². The van der Waals surface area contributed by atoms with E-state index in [4.69, 9.17) is 0 Å². The number of aromatic nitrogens is 6. The van der Waals surface area contributed by atoms with Gasteiger partial charge in [-0.3, -0.25) is 4.79 Å². The van der Waals surface area contributed by atoms with Crippen LogP contribution in [0.5, 0.6) is 0 Å².